The second kappa shape index (κ2) is 4.23. The van der Waals surface area contributed by atoms with E-state index in [1.54, 1.807) is 12.1 Å². The lowest BCUT2D eigenvalue weighted by Gasteiger charge is -2.24. The molecule has 5 atom stereocenters. The van der Waals surface area contributed by atoms with Crippen LogP contribution in [0.15, 0.2) is 18.2 Å². The Labute approximate surface area is 143 Å². The van der Waals surface area contributed by atoms with Crippen LogP contribution < -0.4 is 20.2 Å². The Morgan fingerprint density at radius 1 is 1.24 bits per heavy atom. The van der Waals surface area contributed by atoms with Crippen LogP contribution in [-0.2, 0) is 9.47 Å². The lowest BCUT2D eigenvalue weighted by Crippen LogP contribution is -2.90. The smallest absolute Gasteiger partial charge is 0.343 e. The minimum atomic E-state index is -1.41. The molecule has 2 fully saturated rings. The van der Waals surface area contributed by atoms with Crippen LogP contribution in [0.2, 0.25) is 0 Å². The summed E-state index contributed by atoms with van der Waals surface area (Å²) < 4.78 is 22.5. The van der Waals surface area contributed by atoms with E-state index in [1.165, 1.54) is 0 Å². The van der Waals surface area contributed by atoms with Gasteiger partial charge in [-0.3, -0.25) is 5.73 Å². The van der Waals surface area contributed by atoms with Crippen LogP contribution in [-0.4, -0.2) is 31.3 Å². The fraction of sp³-hybridized carbons (Fsp3) is 0.471. The van der Waals surface area contributed by atoms with E-state index in [0.29, 0.717) is 18.1 Å². The van der Waals surface area contributed by atoms with Gasteiger partial charge in [-0.2, -0.15) is 10.5 Å². The van der Waals surface area contributed by atoms with Crippen molar-refractivity contribution in [3.8, 4) is 23.6 Å². The second-order valence-electron chi connectivity index (χ2n) is 6.78. The molecule has 1 aromatic rings. The summed E-state index contributed by atoms with van der Waals surface area (Å²) in [4.78, 5) is 2.94. The van der Waals surface area contributed by atoms with E-state index in [2.05, 4.69) is 17.1 Å². The fourth-order valence-corrected chi connectivity index (χ4v) is 4.56. The molecule has 0 amide bonds. The van der Waals surface area contributed by atoms with Crippen LogP contribution in [0.25, 0.3) is 0 Å². The molecule has 3 N–H and O–H groups in total. The third-order valence-electron chi connectivity index (χ3n) is 5.62. The van der Waals surface area contributed by atoms with Gasteiger partial charge in [-0.25, -0.2) is 4.99 Å². The van der Waals surface area contributed by atoms with E-state index >= 15 is 0 Å². The van der Waals surface area contributed by atoms with Crippen LogP contribution in [0, 0.1) is 33.5 Å². The highest BCUT2D eigenvalue weighted by molar-refractivity contribution is 5.95. The fourth-order valence-electron chi connectivity index (χ4n) is 4.56. The Bertz CT molecular complexity index is 918. The van der Waals surface area contributed by atoms with Gasteiger partial charge in [0.15, 0.2) is 22.3 Å². The summed E-state index contributed by atoms with van der Waals surface area (Å²) >= 11 is 0. The van der Waals surface area contributed by atoms with E-state index in [-0.39, 0.29) is 18.7 Å². The highest BCUT2D eigenvalue weighted by Gasteiger charge is 2.97. The van der Waals surface area contributed by atoms with Gasteiger partial charge >= 0.3 is 5.91 Å². The van der Waals surface area contributed by atoms with Gasteiger partial charge in [-0.05, 0) is 24.6 Å². The number of amidine groups is 1. The van der Waals surface area contributed by atoms with Crippen molar-refractivity contribution in [2.24, 2.45) is 16.6 Å². The number of nitrogens with one attached hydrogen (secondary N) is 1. The molecule has 0 bridgehead atoms. The number of rotatable bonds is 1. The van der Waals surface area contributed by atoms with Gasteiger partial charge in [0.25, 0.3) is 5.84 Å². The zero-order chi connectivity index (χ0) is 17.4. The maximum absolute atomic E-state index is 10.1. The summed E-state index contributed by atoms with van der Waals surface area (Å²) in [6.45, 7) is 2.32. The van der Waals surface area contributed by atoms with Crippen LogP contribution >= 0.6 is 0 Å². The SMILES string of the molecule is C[C@H]1CO[C@]2([NH+]=C(N)[C@@]3(C#N)[C@@H](c4ccc5c(c4)OCO5)[C@@]23C#N)O1. The maximum atomic E-state index is 10.1. The average molecular weight is 339 g/mol. The summed E-state index contributed by atoms with van der Waals surface area (Å²) in [6.07, 6.45) is -0.210. The molecule has 1 saturated carbocycles. The minimum absolute atomic E-state index is 0.153. The largest absolute Gasteiger partial charge is 0.454 e. The molecule has 8 nitrogen and oxygen atoms in total. The van der Waals surface area contributed by atoms with Crippen molar-refractivity contribution in [3.63, 3.8) is 0 Å². The molecule has 0 unspecified atom stereocenters. The van der Waals surface area contributed by atoms with Gasteiger partial charge in [0.1, 0.15) is 0 Å². The van der Waals surface area contributed by atoms with Crippen molar-refractivity contribution in [2.45, 2.75) is 24.9 Å². The number of ether oxygens (including phenoxy) is 4. The maximum Gasteiger partial charge on any atom is 0.343 e. The molecule has 3 aliphatic heterocycles. The Hall–Kier alpha value is -2.81. The van der Waals surface area contributed by atoms with Gasteiger partial charge in [0.05, 0.1) is 24.8 Å². The van der Waals surface area contributed by atoms with E-state index in [1.807, 2.05) is 13.0 Å². The standard InChI is InChI=1S/C17H14N4O4/c1-9-5-24-17(25-9)16(7-19)13(15(16,6-18)14(20)21-17)10-2-3-11-12(4-10)23-8-22-11/h2-4,9,13H,5,8H2,1H3,(H2,20,21)/p+1/t9-,13+,15+,16+,17-/m0/s1. The summed E-state index contributed by atoms with van der Waals surface area (Å²) in [5.74, 6) is -0.476. The summed E-state index contributed by atoms with van der Waals surface area (Å²) in [7, 11) is 0. The van der Waals surface area contributed by atoms with Crippen molar-refractivity contribution in [3.05, 3.63) is 23.8 Å². The summed E-state index contributed by atoms with van der Waals surface area (Å²) in [6, 6.07) is 9.95. The zero-order valence-electron chi connectivity index (χ0n) is 13.4. The van der Waals surface area contributed by atoms with E-state index in [9.17, 15) is 10.5 Å². The molecule has 4 aliphatic rings. The number of nitrogens with two attached hydrogens (primary N) is 1. The minimum Gasteiger partial charge on any atom is -0.454 e. The van der Waals surface area contributed by atoms with Crippen molar-refractivity contribution < 1.29 is 23.9 Å². The predicted molar refractivity (Wildman–Crippen MR) is 80.8 cm³/mol. The molecule has 5 rings (SSSR count). The number of hydrogen-bond donors (Lipinski definition) is 2. The first kappa shape index (κ1) is 14.5. The average Bonchev–Trinajstić information content (AvgIpc) is 2.90. The molecule has 0 aromatic heterocycles. The topological polar surface area (TPSA) is 124 Å². The molecule has 1 saturated heterocycles. The monoisotopic (exact) mass is 339 g/mol. The number of fused-ring (bicyclic) bond motifs is 3. The molecular formula is C17H15N4O4+. The Kier molecular flexibility index (Phi) is 2.46. The van der Waals surface area contributed by atoms with Crippen LogP contribution in [0.4, 0.5) is 0 Å². The van der Waals surface area contributed by atoms with Gasteiger partial charge in [-0.1, -0.05) is 6.07 Å². The number of nitrogens with zero attached hydrogens (tertiary/aromatic N) is 2. The van der Waals surface area contributed by atoms with Crippen molar-refractivity contribution in [2.75, 3.05) is 13.4 Å². The first-order chi connectivity index (χ1) is 12.0. The Balaban J connectivity index is 1.68. The molecule has 8 heteroatoms. The summed E-state index contributed by atoms with van der Waals surface area (Å²) in [5, 5.41) is 20.1. The molecule has 25 heavy (non-hydrogen) atoms. The molecule has 3 heterocycles. The molecule has 0 radical (unpaired) electrons. The zero-order valence-corrected chi connectivity index (χ0v) is 13.4. The van der Waals surface area contributed by atoms with Crippen molar-refractivity contribution >= 4 is 5.84 Å². The van der Waals surface area contributed by atoms with Gasteiger partial charge in [-0.15, -0.1) is 0 Å². The molecule has 126 valence electrons. The molecule has 1 aromatic carbocycles. The van der Waals surface area contributed by atoms with Crippen LogP contribution in [0.3, 0.4) is 0 Å². The lowest BCUT2D eigenvalue weighted by molar-refractivity contribution is -0.677. The van der Waals surface area contributed by atoms with E-state index in [4.69, 9.17) is 24.7 Å². The van der Waals surface area contributed by atoms with Crippen LogP contribution in [0.5, 0.6) is 11.5 Å². The third-order valence-corrected chi connectivity index (χ3v) is 5.62. The summed E-state index contributed by atoms with van der Waals surface area (Å²) in [5.41, 5.74) is 4.46. The molecule has 1 aliphatic carbocycles. The highest BCUT2D eigenvalue weighted by Crippen LogP contribution is 2.79. The Morgan fingerprint density at radius 3 is 2.72 bits per heavy atom. The van der Waals surface area contributed by atoms with Gasteiger partial charge in [0, 0.05) is 5.92 Å². The second-order valence-corrected chi connectivity index (χ2v) is 6.78. The normalized spacial score (nSPS) is 42.6. The number of hydrogen-bond acceptors (Lipinski definition) is 7. The van der Waals surface area contributed by atoms with Gasteiger partial charge in [0.2, 0.25) is 6.79 Å². The first-order valence-corrected chi connectivity index (χ1v) is 7.99. The predicted octanol–water partition coefficient (Wildman–Crippen LogP) is -0.927. The van der Waals surface area contributed by atoms with Gasteiger partial charge < -0.3 is 18.9 Å². The van der Waals surface area contributed by atoms with Crippen molar-refractivity contribution in [1.29, 1.82) is 10.5 Å². The quantitative estimate of drug-likeness (QED) is 0.677. The molecule has 1 spiro atoms. The first-order valence-electron chi connectivity index (χ1n) is 7.99. The number of nitriles is 2. The van der Waals surface area contributed by atoms with Crippen molar-refractivity contribution in [1.82, 2.24) is 0 Å². The highest BCUT2D eigenvalue weighted by atomic mass is 16.8. The number of benzene rings is 1. The Morgan fingerprint density at radius 2 is 2.04 bits per heavy atom. The third kappa shape index (κ3) is 1.34. The van der Waals surface area contributed by atoms with E-state index < -0.39 is 22.7 Å². The lowest BCUT2D eigenvalue weighted by atomic mass is 9.94. The van der Waals surface area contributed by atoms with Crippen LogP contribution in [0.1, 0.15) is 18.4 Å². The molecular weight excluding hydrogens is 324 g/mol. The van der Waals surface area contributed by atoms with E-state index in [0.717, 1.165) is 5.56 Å².